The van der Waals surface area contributed by atoms with Gasteiger partial charge in [0.1, 0.15) is 0 Å². The van der Waals surface area contributed by atoms with Crippen molar-refractivity contribution >= 4 is 6.09 Å². The number of nitrogens with zero attached hydrogens (tertiary/aromatic N) is 2. The zero-order chi connectivity index (χ0) is 16.3. The van der Waals surface area contributed by atoms with Crippen molar-refractivity contribution in [2.75, 3.05) is 13.1 Å². The van der Waals surface area contributed by atoms with Crippen LogP contribution in [0.3, 0.4) is 0 Å². The molecule has 1 saturated heterocycles. The molecule has 2 heterocycles. The van der Waals surface area contributed by atoms with Crippen LogP contribution in [0, 0.1) is 5.41 Å². The van der Waals surface area contributed by atoms with Crippen molar-refractivity contribution in [3.63, 3.8) is 0 Å². The summed E-state index contributed by atoms with van der Waals surface area (Å²) in [7, 11) is 0. The maximum absolute atomic E-state index is 11.6. The van der Waals surface area contributed by atoms with Crippen molar-refractivity contribution in [2.45, 2.75) is 58.2 Å². The number of aromatic nitrogens is 1. The average Bonchev–Trinajstić information content (AvgIpc) is 2.48. The van der Waals surface area contributed by atoms with E-state index in [0.717, 1.165) is 38.2 Å². The van der Waals surface area contributed by atoms with Gasteiger partial charge in [0, 0.05) is 18.8 Å². The lowest BCUT2D eigenvalue weighted by Gasteiger charge is -2.52. The number of nitrogens with one attached hydrogen (secondary N) is 1. The van der Waals surface area contributed by atoms with Gasteiger partial charge in [-0.25, -0.2) is 4.79 Å². The van der Waals surface area contributed by atoms with E-state index in [-0.39, 0.29) is 12.2 Å². The molecule has 1 aromatic rings. The van der Waals surface area contributed by atoms with Crippen LogP contribution in [-0.4, -0.2) is 41.2 Å². The van der Waals surface area contributed by atoms with E-state index in [1.54, 1.807) is 0 Å². The summed E-state index contributed by atoms with van der Waals surface area (Å²) in [5.74, 6) is 0. The molecule has 5 nitrogen and oxygen atoms in total. The highest BCUT2D eigenvalue weighted by Crippen LogP contribution is 2.49. The minimum atomic E-state index is -0.271. The van der Waals surface area contributed by atoms with Crippen LogP contribution in [0.5, 0.6) is 0 Å². The minimum Gasteiger partial charge on any atom is -0.447 e. The number of hydrogen-bond acceptors (Lipinski definition) is 4. The van der Waals surface area contributed by atoms with Crippen molar-refractivity contribution < 1.29 is 9.53 Å². The molecule has 1 amide bonds. The van der Waals surface area contributed by atoms with Crippen molar-refractivity contribution in [3.8, 4) is 0 Å². The molecule has 0 aromatic carbocycles. The zero-order valence-electron chi connectivity index (χ0n) is 14.1. The highest BCUT2D eigenvalue weighted by atomic mass is 16.6. The summed E-state index contributed by atoms with van der Waals surface area (Å²) < 4.78 is 5.15. The molecule has 1 N–H and O–H groups in total. The van der Waals surface area contributed by atoms with Crippen LogP contribution in [0.4, 0.5) is 4.79 Å². The Hall–Kier alpha value is -1.62. The number of piperidine rings is 1. The Kier molecular flexibility index (Phi) is 4.85. The lowest BCUT2D eigenvalue weighted by molar-refractivity contribution is 0.00157. The fraction of sp³-hybridized carbons (Fsp3) is 0.667. The first kappa shape index (κ1) is 16.2. The van der Waals surface area contributed by atoms with Crippen LogP contribution in [0.2, 0.25) is 0 Å². The van der Waals surface area contributed by atoms with E-state index in [1.807, 2.05) is 32.2 Å². The Balaban J connectivity index is 1.39. The van der Waals surface area contributed by atoms with E-state index in [2.05, 4.69) is 21.3 Å². The Morgan fingerprint density at radius 2 is 2.13 bits per heavy atom. The van der Waals surface area contributed by atoms with Crippen LogP contribution in [0.25, 0.3) is 0 Å². The lowest BCUT2D eigenvalue weighted by Crippen LogP contribution is -2.55. The molecule has 2 fully saturated rings. The molecule has 5 heteroatoms. The normalized spacial score (nSPS) is 21.2. The number of rotatable bonds is 4. The number of carbonyl (C=O) groups is 1. The fourth-order valence-corrected chi connectivity index (χ4v) is 3.82. The van der Waals surface area contributed by atoms with E-state index in [4.69, 9.17) is 4.74 Å². The summed E-state index contributed by atoms with van der Waals surface area (Å²) >= 11 is 0. The number of hydrogen-bond donors (Lipinski definition) is 1. The first-order chi connectivity index (χ1) is 11.0. The molecule has 1 aliphatic carbocycles. The molecule has 0 bridgehead atoms. The van der Waals surface area contributed by atoms with E-state index in [9.17, 15) is 4.79 Å². The van der Waals surface area contributed by atoms with Crippen LogP contribution in [-0.2, 0) is 11.3 Å². The summed E-state index contributed by atoms with van der Waals surface area (Å²) in [4.78, 5) is 18.5. The Morgan fingerprint density at radius 3 is 2.74 bits per heavy atom. The summed E-state index contributed by atoms with van der Waals surface area (Å²) in [6.07, 6.45) is 6.16. The zero-order valence-corrected chi connectivity index (χ0v) is 14.1. The van der Waals surface area contributed by atoms with Crippen LogP contribution in [0.15, 0.2) is 24.4 Å². The number of amides is 1. The predicted molar refractivity (Wildman–Crippen MR) is 89.0 cm³/mol. The third kappa shape index (κ3) is 4.22. The standard InChI is InChI=1S/C18H27N3O2/c1-14(2)23-17(22)20-16-11-18(12-16)6-9-21(10-7-18)13-15-5-3-4-8-19-15/h3-5,8,14,16H,6-7,9-13H2,1-2H3,(H,20,22). The smallest absolute Gasteiger partial charge is 0.407 e. The van der Waals surface area contributed by atoms with Crippen LogP contribution < -0.4 is 5.32 Å². The quantitative estimate of drug-likeness (QED) is 0.927. The number of alkyl carbamates (subject to hydrolysis) is 1. The van der Waals surface area contributed by atoms with Crippen LogP contribution >= 0.6 is 0 Å². The maximum atomic E-state index is 11.6. The Bertz CT molecular complexity index is 516. The van der Waals surface area contributed by atoms with Gasteiger partial charge in [-0.15, -0.1) is 0 Å². The number of ether oxygens (including phenoxy) is 1. The molecule has 0 unspecified atom stereocenters. The monoisotopic (exact) mass is 317 g/mol. The molecule has 1 saturated carbocycles. The van der Waals surface area contributed by atoms with Gasteiger partial charge < -0.3 is 10.1 Å². The average molecular weight is 317 g/mol. The summed E-state index contributed by atoms with van der Waals surface area (Å²) in [5.41, 5.74) is 1.59. The minimum absolute atomic E-state index is 0.0566. The second-order valence-electron chi connectivity index (χ2n) is 7.30. The number of pyridine rings is 1. The molecule has 126 valence electrons. The molecular formula is C18H27N3O2. The molecule has 3 rings (SSSR count). The van der Waals surface area contributed by atoms with Crippen LogP contribution in [0.1, 0.15) is 45.2 Å². The Labute approximate surface area is 138 Å². The van der Waals surface area contributed by atoms with Crippen molar-refractivity contribution in [1.82, 2.24) is 15.2 Å². The van der Waals surface area contributed by atoms with Gasteiger partial charge in [0.05, 0.1) is 11.8 Å². The molecule has 1 aromatic heterocycles. The van der Waals surface area contributed by atoms with E-state index >= 15 is 0 Å². The van der Waals surface area contributed by atoms with Gasteiger partial charge in [0.2, 0.25) is 0 Å². The highest BCUT2D eigenvalue weighted by Gasteiger charge is 2.46. The van der Waals surface area contributed by atoms with E-state index in [1.165, 1.54) is 12.8 Å². The van der Waals surface area contributed by atoms with Gasteiger partial charge in [-0.1, -0.05) is 6.07 Å². The third-order valence-corrected chi connectivity index (χ3v) is 5.05. The first-order valence-electron chi connectivity index (χ1n) is 8.64. The lowest BCUT2D eigenvalue weighted by atomic mass is 9.60. The van der Waals surface area contributed by atoms with E-state index < -0.39 is 0 Å². The molecule has 2 aliphatic rings. The number of likely N-dealkylation sites (tertiary alicyclic amines) is 1. The largest absolute Gasteiger partial charge is 0.447 e. The third-order valence-electron chi connectivity index (χ3n) is 5.05. The van der Waals surface area contributed by atoms with Crippen molar-refractivity contribution in [2.24, 2.45) is 5.41 Å². The van der Waals surface area contributed by atoms with Gasteiger partial charge in [0.15, 0.2) is 0 Å². The fourth-order valence-electron chi connectivity index (χ4n) is 3.82. The highest BCUT2D eigenvalue weighted by molar-refractivity contribution is 5.67. The molecular weight excluding hydrogens is 290 g/mol. The predicted octanol–water partition coefficient (Wildman–Crippen LogP) is 2.96. The molecule has 23 heavy (non-hydrogen) atoms. The molecule has 0 radical (unpaired) electrons. The molecule has 1 spiro atoms. The summed E-state index contributed by atoms with van der Waals surface area (Å²) in [5, 5.41) is 2.99. The SMILES string of the molecule is CC(C)OC(=O)NC1CC2(CCN(Cc3ccccn3)CC2)C1. The molecule has 0 atom stereocenters. The first-order valence-corrected chi connectivity index (χ1v) is 8.64. The maximum Gasteiger partial charge on any atom is 0.407 e. The van der Waals surface area contributed by atoms with Gasteiger partial charge in [0.25, 0.3) is 0 Å². The second kappa shape index (κ2) is 6.87. The van der Waals surface area contributed by atoms with Crippen molar-refractivity contribution in [3.05, 3.63) is 30.1 Å². The molecule has 1 aliphatic heterocycles. The van der Waals surface area contributed by atoms with Crippen molar-refractivity contribution in [1.29, 1.82) is 0 Å². The summed E-state index contributed by atoms with van der Waals surface area (Å²) in [6, 6.07) is 6.39. The van der Waals surface area contributed by atoms with E-state index in [0.29, 0.717) is 11.5 Å². The van der Waals surface area contributed by atoms with Gasteiger partial charge >= 0.3 is 6.09 Å². The topological polar surface area (TPSA) is 54.5 Å². The second-order valence-corrected chi connectivity index (χ2v) is 7.30. The van der Waals surface area contributed by atoms with Gasteiger partial charge in [-0.2, -0.15) is 0 Å². The number of carbonyl (C=O) groups excluding carboxylic acids is 1. The van der Waals surface area contributed by atoms with Gasteiger partial charge in [-0.05, 0) is 70.2 Å². The summed E-state index contributed by atoms with van der Waals surface area (Å²) in [6.45, 7) is 6.94. The van der Waals surface area contributed by atoms with Gasteiger partial charge in [-0.3, -0.25) is 9.88 Å². The Morgan fingerprint density at radius 1 is 1.39 bits per heavy atom.